The Bertz CT molecular complexity index is 754. The van der Waals surface area contributed by atoms with Gasteiger partial charge >= 0.3 is 0 Å². The Labute approximate surface area is 140 Å². The van der Waals surface area contributed by atoms with Crippen molar-refractivity contribution in [2.45, 2.75) is 19.5 Å². The summed E-state index contributed by atoms with van der Waals surface area (Å²) in [5.41, 5.74) is 1.61. The molecule has 0 aliphatic carbocycles. The van der Waals surface area contributed by atoms with Crippen LogP contribution in [0.2, 0.25) is 0 Å². The smallest absolute Gasteiger partial charge is 0.138 e. The number of aromatic nitrogens is 4. The van der Waals surface area contributed by atoms with E-state index in [1.807, 2.05) is 44.1 Å². The fourth-order valence-electron chi connectivity index (χ4n) is 2.33. The summed E-state index contributed by atoms with van der Waals surface area (Å²) in [5.74, 6) is 1.15. The van der Waals surface area contributed by atoms with Gasteiger partial charge < -0.3 is 4.57 Å². The van der Waals surface area contributed by atoms with Gasteiger partial charge in [0, 0.05) is 37.3 Å². The van der Waals surface area contributed by atoms with E-state index in [-0.39, 0.29) is 5.82 Å². The van der Waals surface area contributed by atoms with Gasteiger partial charge in [0.25, 0.3) is 0 Å². The Hall–Kier alpha value is -1.15. The summed E-state index contributed by atoms with van der Waals surface area (Å²) in [6.07, 6.45) is 4.31. The topological polar surface area (TPSA) is 35.6 Å². The molecule has 3 rings (SSSR count). The molecule has 2 aromatic heterocycles. The Morgan fingerprint density at radius 2 is 2.14 bits per heavy atom. The van der Waals surface area contributed by atoms with Crippen LogP contribution in [0.25, 0.3) is 11.0 Å². The van der Waals surface area contributed by atoms with Crippen LogP contribution in [0.3, 0.4) is 0 Å². The Balaban J connectivity index is 2.00. The maximum atomic E-state index is 13.8. The summed E-state index contributed by atoms with van der Waals surface area (Å²) in [7, 11) is 0. The van der Waals surface area contributed by atoms with Crippen LogP contribution in [0.4, 0.5) is 4.39 Å². The molecule has 0 aliphatic heterocycles. The first-order valence-corrected chi connectivity index (χ1v) is 8.18. The molecule has 0 amide bonds. The minimum atomic E-state index is -0.222. The molecule has 3 aromatic rings. The third-order valence-electron chi connectivity index (χ3n) is 3.30. The summed E-state index contributed by atoms with van der Waals surface area (Å²) < 4.78 is 18.3. The van der Waals surface area contributed by atoms with Crippen LogP contribution in [0.15, 0.2) is 30.6 Å². The molecular formula is C14H13ClFIN4. The van der Waals surface area contributed by atoms with E-state index in [0.29, 0.717) is 29.0 Å². The molecule has 21 heavy (non-hydrogen) atoms. The minimum absolute atomic E-state index is 0.222. The van der Waals surface area contributed by atoms with Crippen molar-refractivity contribution in [2.75, 3.05) is 5.88 Å². The first-order chi connectivity index (χ1) is 10.2. The molecule has 7 heteroatoms. The number of halogens is 3. The van der Waals surface area contributed by atoms with Gasteiger partial charge in [-0.3, -0.25) is 4.68 Å². The van der Waals surface area contributed by atoms with Crippen molar-refractivity contribution < 1.29 is 4.39 Å². The minimum Gasteiger partial charge on any atom is -0.326 e. The second kappa shape index (κ2) is 6.31. The first-order valence-electron chi connectivity index (χ1n) is 6.56. The molecule has 0 saturated carbocycles. The van der Waals surface area contributed by atoms with Gasteiger partial charge in [-0.15, -0.1) is 11.6 Å². The van der Waals surface area contributed by atoms with Crippen LogP contribution >= 0.6 is 34.2 Å². The third kappa shape index (κ3) is 3.06. The van der Waals surface area contributed by atoms with Gasteiger partial charge in [0.15, 0.2) is 0 Å². The molecule has 0 unspecified atom stereocenters. The zero-order valence-electron chi connectivity index (χ0n) is 11.1. The highest BCUT2D eigenvalue weighted by atomic mass is 127. The number of benzene rings is 1. The second-order valence-corrected chi connectivity index (χ2v) is 6.18. The molecule has 110 valence electrons. The Kier molecular flexibility index (Phi) is 4.44. The molecular weight excluding hydrogens is 406 g/mol. The van der Waals surface area contributed by atoms with E-state index in [4.69, 9.17) is 11.6 Å². The third-order valence-corrected chi connectivity index (χ3v) is 4.32. The highest BCUT2D eigenvalue weighted by Gasteiger charge is 2.13. The van der Waals surface area contributed by atoms with Gasteiger partial charge in [0.1, 0.15) is 11.6 Å². The van der Waals surface area contributed by atoms with Crippen molar-refractivity contribution in [3.05, 3.63) is 45.8 Å². The molecule has 2 heterocycles. The molecule has 4 nitrogen and oxygen atoms in total. The lowest BCUT2D eigenvalue weighted by Gasteiger charge is -2.09. The van der Waals surface area contributed by atoms with Crippen LogP contribution in [0.5, 0.6) is 0 Å². The van der Waals surface area contributed by atoms with Gasteiger partial charge in [-0.2, -0.15) is 5.10 Å². The molecule has 0 radical (unpaired) electrons. The predicted molar refractivity (Wildman–Crippen MR) is 89.1 cm³/mol. The molecule has 0 spiro atoms. The van der Waals surface area contributed by atoms with Gasteiger partial charge in [-0.1, -0.05) is 0 Å². The van der Waals surface area contributed by atoms with Crippen LogP contribution in [0.1, 0.15) is 5.82 Å². The Morgan fingerprint density at radius 1 is 1.29 bits per heavy atom. The molecule has 0 fully saturated rings. The van der Waals surface area contributed by atoms with Crippen LogP contribution in [-0.2, 0) is 19.5 Å². The highest BCUT2D eigenvalue weighted by molar-refractivity contribution is 14.1. The Morgan fingerprint density at radius 3 is 2.86 bits per heavy atom. The number of rotatable bonds is 5. The van der Waals surface area contributed by atoms with E-state index in [0.717, 1.165) is 16.9 Å². The van der Waals surface area contributed by atoms with E-state index in [1.165, 1.54) is 0 Å². The zero-order valence-corrected chi connectivity index (χ0v) is 14.1. The largest absolute Gasteiger partial charge is 0.326 e. The van der Waals surface area contributed by atoms with Crippen molar-refractivity contribution in [1.82, 2.24) is 19.3 Å². The lowest BCUT2D eigenvalue weighted by Crippen LogP contribution is -2.11. The number of hydrogen-bond donors (Lipinski definition) is 0. The lowest BCUT2D eigenvalue weighted by molar-refractivity contribution is 0.529. The molecule has 0 bridgehead atoms. The summed E-state index contributed by atoms with van der Waals surface area (Å²) in [5, 5.41) is 4.18. The molecule has 0 aliphatic rings. The van der Waals surface area contributed by atoms with Gasteiger partial charge in [-0.05, 0) is 34.7 Å². The SMILES string of the molecule is Fc1cc2c(cc1I)nc(CCCl)n2CCn1cccn1. The van der Waals surface area contributed by atoms with Crippen molar-refractivity contribution in [2.24, 2.45) is 0 Å². The molecule has 1 aromatic carbocycles. The van der Waals surface area contributed by atoms with E-state index in [1.54, 1.807) is 18.3 Å². The number of hydrogen-bond acceptors (Lipinski definition) is 2. The fraction of sp³-hybridized carbons (Fsp3) is 0.286. The monoisotopic (exact) mass is 418 g/mol. The summed E-state index contributed by atoms with van der Waals surface area (Å²) in [4.78, 5) is 4.58. The van der Waals surface area contributed by atoms with Crippen LogP contribution < -0.4 is 0 Å². The summed E-state index contributed by atoms with van der Waals surface area (Å²) in [6, 6.07) is 5.20. The van der Waals surface area contributed by atoms with Gasteiger partial charge in [-0.25, -0.2) is 9.37 Å². The molecule has 0 saturated heterocycles. The standard InChI is InChI=1S/C14H13ClFIN4/c15-3-2-14-19-12-9-11(17)10(16)8-13(12)21(14)7-6-20-5-1-4-18-20/h1,4-5,8-9H,2-3,6-7H2. The van der Waals surface area contributed by atoms with Crippen molar-refractivity contribution >= 4 is 45.2 Å². The average Bonchev–Trinajstić information content (AvgIpc) is 3.06. The maximum Gasteiger partial charge on any atom is 0.138 e. The second-order valence-electron chi connectivity index (χ2n) is 4.64. The quantitative estimate of drug-likeness (QED) is 0.470. The van der Waals surface area contributed by atoms with Crippen LogP contribution in [-0.4, -0.2) is 25.2 Å². The van der Waals surface area contributed by atoms with Crippen molar-refractivity contribution in [3.63, 3.8) is 0 Å². The molecule has 0 atom stereocenters. The normalized spacial score (nSPS) is 11.4. The van der Waals surface area contributed by atoms with E-state index < -0.39 is 0 Å². The van der Waals surface area contributed by atoms with E-state index >= 15 is 0 Å². The fourth-order valence-corrected chi connectivity index (χ4v) is 2.95. The van der Waals surface area contributed by atoms with Crippen molar-refractivity contribution in [1.29, 1.82) is 0 Å². The van der Waals surface area contributed by atoms with E-state index in [2.05, 4.69) is 10.1 Å². The highest BCUT2D eigenvalue weighted by Crippen LogP contribution is 2.22. The maximum absolute atomic E-state index is 13.8. The van der Waals surface area contributed by atoms with Crippen LogP contribution in [0, 0.1) is 9.39 Å². The van der Waals surface area contributed by atoms with E-state index in [9.17, 15) is 4.39 Å². The number of aryl methyl sites for hydroxylation is 3. The summed E-state index contributed by atoms with van der Waals surface area (Å²) >= 11 is 7.83. The van der Waals surface area contributed by atoms with Gasteiger partial charge in [0.2, 0.25) is 0 Å². The zero-order chi connectivity index (χ0) is 14.8. The van der Waals surface area contributed by atoms with Gasteiger partial charge in [0.05, 0.1) is 21.1 Å². The van der Waals surface area contributed by atoms with Crippen molar-refractivity contribution in [3.8, 4) is 0 Å². The number of nitrogens with zero attached hydrogens (tertiary/aromatic N) is 4. The average molecular weight is 419 g/mol. The summed E-state index contributed by atoms with van der Waals surface area (Å²) in [6.45, 7) is 1.39. The molecule has 0 N–H and O–H groups in total. The predicted octanol–water partition coefficient (Wildman–Crippen LogP) is 3.46. The number of imidazole rings is 1. The number of alkyl halides is 1. The first kappa shape index (κ1) is 14.8. The lowest BCUT2D eigenvalue weighted by atomic mass is 10.3. The number of fused-ring (bicyclic) bond motifs is 1.